The summed E-state index contributed by atoms with van der Waals surface area (Å²) < 4.78 is 6.69. The topological polar surface area (TPSA) is 106 Å². The first-order valence-corrected chi connectivity index (χ1v) is 9.33. The molecule has 0 bridgehead atoms. The van der Waals surface area contributed by atoms with Crippen LogP contribution in [0.1, 0.15) is 16.1 Å². The Morgan fingerprint density at radius 1 is 1.13 bits per heavy atom. The highest BCUT2D eigenvalue weighted by Crippen LogP contribution is 2.27. The summed E-state index contributed by atoms with van der Waals surface area (Å²) in [5.74, 6) is -0.830. The Balaban J connectivity index is 1.62. The highest BCUT2D eigenvalue weighted by molar-refractivity contribution is 6.13. The summed E-state index contributed by atoms with van der Waals surface area (Å²) in [5.41, 5.74) is 4.91. The fourth-order valence-corrected chi connectivity index (χ4v) is 3.61. The van der Waals surface area contributed by atoms with E-state index in [1.807, 2.05) is 44.3 Å². The summed E-state index contributed by atoms with van der Waals surface area (Å²) in [7, 11) is 1.81. The highest BCUT2D eigenvalue weighted by atomic mass is 16.4. The van der Waals surface area contributed by atoms with Crippen LogP contribution < -0.4 is 11.1 Å². The second-order valence-electron chi connectivity index (χ2n) is 7.01. The number of rotatable bonds is 3. The zero-order valence-corrected chi connectivity index (χ0v) is 16.3. The number of aryl methyl sites for hydroxylation is 2. The molecule has 148 valence electrons. The van der Waals surface area contributed by atoms with Crippen molar-refractivity contribution in [3.05, 3.63) is 76.4 Å². The average Bonchev–Trinajstić information content (AvgIpc) is 3.25. The van der Waals surface area contributed by atoms with E-state index < -0.39 is 5.76 Å². The Kier molecular flexibility index (Phi) is 3.99. The van der Waals surface area contributed by atoms with Crippen LogP contribution in [0.3, 0.4) is 0 Å². The maximum Gasteiger partial charge on any atom is 0.417 e. The number of nitrogens with one attached hydrogen (secondary N) is 2. The number of H-pyrrole nitrogens is 1. The van der Waals surface area contributed by atoms with Crippen LogP contribution in [0.5, 0.6) is 0 Å². The third-order valence-electron chi connectivity index (χ3n) is 4.96. The van der Waals surface area contributed by atoms with Crippen LogP contribution in [-0.4, -0.2) is 25.7 Å². The van der Waals surface area contributed by atoms with Crippen molar-refractivity contribution < 1.29 is 9.21 Å². The SMILES string of the molecule is Cc1nn(C)c2nc(-c3ccccc3)cc(C(=O)Nc3ccc4oc(=O)[nH]c4c3)c12. The Morgan fingerprint density at radius 3 is 2.73 bits per heavy atom. The van der Waals surface area contributed by atoms with Gasteiger partial charge in [0.2, 0.25) is 0 Å². The molecule has 8 heteroatoms. The number of carbonyl (C=O) groups excluding carboxylic acids is 1. The lowest BCUT2D eigenvalue weighted by Gasteiger charge is -2.09. The molecule has 3 aromatic heterocycles. The standard InChI is InChI=1S/C22H17N5O3/c1-12-19-15(21(28)23-14-8-9-18-17(10-14)25-22(29)30-18)11-16(13-6-4-3-5-7-13)24-20(19)27(2)26-12/h3-11H,1-2H3,(H,23,28)(H,25,29). The minimum Gasteiger partial charge on any atom is -0.408 e. The maximum atomic E-state index is 13.2. The molecule has 5 rings (SSSR count). The van der Waals surface area contributed by atoms with Crippen molar-refractivity contribution in [3.8, 4) is 11.3 Å². The first-order valence-electron chi connectivity index (χ1n) is 9.33. The second-order valence-corrected chi connectivity index (χ2v) is 7.01. The van der Waals surface area contributed by atoms with Crippen molar-refractivity contribution in [2.75, 3.05) is 5.32 Å². The molecule has 0 saturated carbocycles. The number of pyridine rings is 1. The predicted octanol–water partition coefficient (Wildman–Crippen LogP) is 3.63. The van der Waals surface area contributed by atoms with Gasteiger partial charge in [-0.15, -0.1) is 0 Å². The maximum absolute atomic E-state index is 13.2. The van der Waals surface area contributed by atoms with Crippen LogP contribution in [0.2, 0.25) is 0 Å². The van der Waals surface area contributed by atoms with E-state index in [0.29, 0.717) is 39.1 Å². The van der Waals surface area contributed by atoms with E-state index in [9.17, 15) is 9.59 Å². The van der Waals surface area contributed by atoms with Gasteiger partial charge >= 0.3 is 5.76 Å². The summed E-state index contributed by atoms with van der Waals surface area (Å²) in [6, 6.07) is 16.4. The smallest absolute Gasteiger partial charge is 0.408 e. The zero-order valence-electron chi connectivity index (χ0n) is 16.3. The number of anilines is 1. The number of aromatic amines is 1. The molecule has 0 atom stereocenters. The summed E-state index contributed by atoms with van der Waals surface area (Å²) in [5, 5.41) is 8.04. The van der Waals surface area contributed by atoms with Crippen molar-refractivity contribution >= 4 is 33.7 Å². The number of fused-ring (bicyclic) bond motifs is 2. The summed E-state index contributed by atoms with van der Waals surface area (Å²) in [6.07, 6.45) is 0. The van der Waals surface area contributed by atoms with Crippen LogP contribution in [0, 0.1) is 6.92 Å². The number of carbonyl (C=O) groups is 1. The van der Waals surface area contributed by atoms with Gasteiger partial charge in [0.1, 0.15) is 0 Å². The number of hydrogen-bond donors (Lipinski definition) is 2. The minimum atomic E-state index is -0.539. The normalized spacial score (nSPS) is 11.3. The highest BCUT2D eigenvalue weighted by Gasteiger charge is 2.19. The van der Waals surface area contributed by atoms with Gasteiger partial charge in [-0.05, 0) is 31.2 Å². The van der Waals surface area contributed by atoms with Gasteiger partial charge in [-0.3, -0.25) is 14.5 Å². The molecule has 8 nitrogen and oxygen atoms in total. The molecule has 0 unspecified atom stereocenters. The molecule has 0 aliphatic carbocycles. The van der Waals surface area contributed by atoms with Crippen LogP contribution in [0.4, 0.5) is 5.69 Å². The average molecular weight is 399 g/mol. The van der Waals surface area contributed by atoms with Gasteiger partial charge in [-0.1, -0.05) is 30.3 Å². The zero-order chi connectivity index (χ0) is 20.8. The van der Waals surface area contributed by atoms with E-state index in [1.165, 1.54) is 0 Å². The molecule has 0 aliphatic rings. The van der Waals surface area contributed by atoms with Gasteiger partial charge in [0, 0.05) is 18.3 Å². The quantitative estimate of drug-likeness (QED) is 0.482. The van der Waals surface area contributed by atoms with Crippen LogP contribution >= 0.6 is 0 Å². The second kappa shape index (κ2) is 6.70. The minimum absolute atomic E-state index is 0.291. The van der Waals surface area contributed by atoms with Crippen LogP contribution in [0.15, 0.2) is 63.8 Å². The Labute approximate surface area is 170 Å². The van der Waals surface area contributed by atoms with Gasteiger partial charge in [0.05, 0.1) is 27.9 Å². The largest absolute Gasteiger partial charge is 0.417 e. The third kappa shape index (κ3) is 2.95. The number of aromatic nitrogens is 4. The molecular formula is C22H17N5O3. The molecule has 0 spiro atoms. The van der Waals surface area contributed by atoms with E-state index >= 15 is 0 Å². The molecular weight excluding hydrogens is 382 g/mol. The predicted molar refractivity (Wildman–Crippen MR) is 113 cm³/mol. The van der Waals surface area contributed by atoms with E-state index in [4.69, 9.17) is 9.40 Å². The number of benzene rings is 2. The number of oxazole rings is 1. The number of amides is 1. The van der Waals surface area contributed by atoms with E-state index in [1.54, 1.807) is 28.9 Å². The molecule has 30 heavy (non-hydrogen) atoms. The van der Waals surface area contributed by atoms with Gasteiger partial charge in [-0.25, -0.2) is 9.78 Å². The molecule has 0 radical (unpaired) electrons. The number of nitrogens with zero attached hydrogens (tertiary/aromatic N) is 3. The van der Waals surface area contributed by atoms with Crippen molar-refractivity contribution in [2.24, 2.45) is 7.05 Å². The summed E-state index contributed by atoms with van der Waals surface area (Å²) in [6.45, 7) is 1.85. The molecule has 0 saturated heterocycles. The molecule has 0 aliphatic heterocycles. The summed E-state index contributed by atoms with van der Waals surface area (Å²) >= 11 is 0. The van der Waals surface area contributed by atoms with E-state index in [2.05, 4.69) is 15.4 Å². The van der Waals surface area contributed by atoms with Gasteiger partial charge in [-0.2, -0.15) is 5.10 Å². The van der Waals surface area contributed by atoms with Crippen molar-refractivity contribution in [1.29, 1.82) is 0 Å². The lowest BCUT2D eigenvalue weighted by molar-refractivity contribution is 0.102. The fraction of sp³-hybridized carbons (Fsp3) is 0.0909. The van der Waals surface area contributed by atoms with Crippen molar-refractivity contribution in [2.45, 2.75) is 6.92 Å². The Morgan fingerprint density at radius 2 is 1.93 bits per heavy atom. The molecule has 2 N–H and O–H groups in total. The number of hydrogen-bond acceptors (Lipinski definition) is 5. The van der Waals surface area contributed by atoms with Crippen molar-refractivity contribution in [1.82, 2.24) is 19.7 Å². The third-order valence-corrected chi connectivity index (χ3v) is 4.96. The molecule has 2 aromatic carbocycles. The molecule has 1 amide bonds. The lowest BCUT2D eigenvalue weighted by atomic mass is 10.0. The monoisotopic (exact) mass is 399 g/mol. The fourth-order valence-electron chi connectivity index (χ4n) is 3.61. The van der Waals surface area contributed by atoms with Gasteiger partial charge in [0.25, 0.3) is 5.91 Å². The molecule has 0 fully saturated rings. The van der Waals surface area contributed by atoms with Gasteiger partial charge < -0.3 is 9.73 Å². The van der Waals surface area contributed by atoms with Crippen LogP contribution in [-0.2, 0) is 7.05 Å². The first-order chi connectivity index (χ1) is 14.5. The Bertz CT molecular complexity index is 1480. The van der Waals surface area contributed by atoms with Crippen LogP contribution in [0.25, 0.3) is 33.4 Å². The van der Waals surface area contributed by atoms with E-state index in [0.717, 1.165) is 11.3 Å². The first kappa shape index (κ1) is 17.9. The molecule has 5 aromatic rings. The van der Waals surface area contributed by atoms with Gasteiger partial charge in [0.15, 0.2) is 11.2 Å². The van der Waals surface area contributed by atoms with E-state index in [-0.39, 0.29) is 5.91 Å². The summed E-state index contributed by atoms with van der Waals surface area (Å²) in [4.78, 5) is 31.9. The lowest BCUT2D eigenvalue weighted by Crippen LogP contribution is -2.13. The molecule has 3 heterocycles. The Hall–Kier alpha value is -4.20. The van der Waals surface area contributed by atoms with Crippen molar-refractivity contribution in [3.63, 3.8) is 0 Å².